The summed E-state index contributed by atoms with van der Waals surface area (Å²) >= 11 is 0. The predicted molar refractivity (Wildman–Crippen MR) is 69.9 cm³/mol. The van der Waals surface area contributed by atoms with Crippen LogP contribution >= 0.6 is 0 Å². The number of hydrogen-bond donors (Lipinski definition) is 1. The van der Waals surface area contributed by atoms with E-state index in [2.05, 4.69) is 9.55 Å². The molecule has 1 atom stereocenters. The lowest BCUT2D eigenvalue weighted by Gasteiger charge is -2.08. The molecule has 0 saturated heterocycles. The largest absolute Gasteiger partial charge is 0.328 e. The maximum atomic E-state index is 13.2. The van der Waals surface area contributed by atoms with Crippen LogP contribution in [0.25, 0.3) is 11.0 Å². The zero-order valence-corrected chi connectivity index (χ0v) is 10.6. The lowest BCUT2D eigenvalue weighted by atomic mass is 10.2. The fourth-order valence-electron chi connectivity index (χ4n) is 2.40. The van der Waals surface area contributed by atoms with Gasteiger partial charge in [-0.25, -0.2) is 9.37 Å². The molecular formula is C14H18FN3. The molecule has 3 rings (SSSR count). The van der Waals surface area contributed by atoms with Crippen LogP contribution in [0, 0.1) is 5.82 Å². The first-order chi connectivity index (χ1) is 8.65. The van der Waals surface area contributed by atoms with E-state index < -0.39 is 0 Å². The zero-order chi connectivity index (χ0) is 12.7. The first kappa shape index (κ1) is 11.7. The summed E-state index contributed by atoms with van der Waals surface area (Å²) in [5, 5.41) is 0. The number of rotatable bonds is 4. The number of hydrogen-bond acceptors (Lipinski definition) is 2. The Labute approximate surface area is 106 Å². The van der Waals surface area contributed by atoms with Crippen LogP contribution in [-0.2, 0) is 6.42 Å². The van der Waals surface area contributed by atoms with Crippen LogP contribution in [0.15, 0.2) is 18.2 Å². The Morgan fingerprint density at radius 2 is 2.28 bits per heavy atom. The Balaban J connectivity index is 2.03. The molecule has 4 heteroatoms. The van der Waals surface area contributed by atoms with Gasteiger partial charge in [0.15, 0.2) is 0 Å². The average molecular weight is 247 g/mol. The second-order valence-corrected chi connectivity index (χ2v) is 5.28. The highest BCUT2D eigenvalue weighted by molar-refractivity contribution is 5.76. The van der Waals surface area contributed by atoms with Crippen LogP contribution in [-0.4, -0.2) is 15.6 Å². The molecule has 1 aromatic carbocycles. The Morgan fingerprint density at radius 3 is 2.94 bits per heavy atom. The first-order valence-electron chi connectivity index (χ1n) is 6.57. The van der Waals surface area contributed by atoms with Gasteiger partial charge in [-0.1, -0.05) is 0 Å². The normalized spacial score (nSPS) is 17.3. The summed E-state index contributed by atoms with van der Waals surface area (Å²) in [6.45, 7) is 2.00. The topological polar surface area (TPSA) is 43.8 Å². The number of imidazole rings is 1. The van der Waals surface area contributed by atoms with Crippen LogP contribution in [0.5, 0.6) is 0 Å². The molecule has 2 aromatic rings. The molecule has 0 radical (unpaired) electrons. The quantitative estimate of drug-likeness (QED) is 0.902. The van der Waals surface area contributed by atoms with Crippen molar-refractivity contribution in [2.24, 2.45) is 5.73 Å². The summed E-state index contributed by atoms with van der Waals surface area (Å²) in [6, 6.07) is 5.60. The summed E-state index contributed by atoms with van der Waals surface area (Å²) in [5.74, 6) is 0.831. The second kappa shape index (κ2) is 4.35. The van der Waals surface area contributed by atoms with E-state index in [-0.39, 0.29) is 11.9 Å². The van der Waals surface area contributed by atoms with Gasteiger partial charge in [0.2, 0.25) is 0 Å². The second-order valence-electron chi connectivity index (χ2n) is 5.28. The van der Waals surface area contributed by atoms with Crippen molar-refractivity contribution in [3.05, 3.63) is 29.8 Å². The summed E-state index contributed by atoms with van der Waals surface area (Å²) < 4.78 is 15.5. The molecule has 2 N–H and O–H groups in total. The van der Waals surface area contributed by atoms with E-state index in [1.807, 2.05) is 13.0 Å². The Kier molecular flexibility index (Phi) is 2.82. The van der Waals surface area contributed by atoms with E-state index in [1.54, 1.807) is 0 Å². The molecule has 0 aliphatic heterocycles. The van der Waals surface area contributed by atoms with Crippen molar-refractivity contribution in [1.29, 1.82) is 0 Å². The zero-order valence-electron chi connectivity index (χ0n) is 10.6. The van der Waals surface area contributed by atoms with Crippen LogP contribution in [0.2, 0.25) is 0 Å². The molecule has 0 spiro atoms. The number of nitrogens with two attached hydrogens (primary N) is 1. The van der Waals surface area contributed by atoms with Crippen molar-refractivity contribution < 1.29 is 4.39 Å². The van der Waals surface area contributed by atoms with E-state index in [0.29, 0.717) is 6.04 Å². The summed E-state index contributed by atoms with van der Waals surface area (Å²) in [6.07, 6.45) is 4.19. The Hall–Kier alpha value is -1.42. The molecule has 1 unspecified atom stereocenters. The lowest BCUT2D eigenvalue weighted by Crippen LogP contribution is -2.16. The van der Waals surface area contributed by atoms with Gasteiger partial charge in [-0.05, 0) is 38.3 Å². The maximum Gasteiger partial charge on any atom is 0.125 e. The van der Waals surface area contributed by atoms with E-state index in [1.165, 1.54) is 25.0 Å². The third-order valence-electron chi connectivity index (χ3n) is 3.46. The van der Waals surface area contributed by atoms with Crippen molar-refractivity contribution in [2.45, 2.75) is 44.7 Å². The Bertz CT molecular complexity index is 570. The standard InChI is InChI=1S/C14H18FN3/c1-9(16)2-7-14-17-12-8-10(15)3-6-13(12)18(14)11-4-5-11/h3,6,8-9,11H,2,4-5,7,16H2,1H3. The van der Waals surface area contributed by atoms with Gasteiger partial charge in [-0.2, -0.15) is 0 Å². The number of fused-ring (bicyclic) bond motifs is 1. The highest BCUT2D eigenvalue weighted by atomic mass is 19.1. The number of benzene rings is 1. The van der Waals surface area contributed by atoms with Gasteiger partial charge in [0.25, 0.3) is 0 Å². The minimum absolute atomic E-state index is 0.175. The summed E-state index contributed by atoms with van der Waals surface area (Å²) in [7, 11) is 0. The third-order valence-corrected chi connectivity index (χ3v) is 3.46. The maximum absolute atomic E-state index is 13.2. The fourth-order valence-corrected chi connectivity index (χ4v) is 2.40. The molecule has 1 heterocycles. The van der Waals surface area contributed by atoms with Gasteiger partial charge < -0.3 is 10.3 Å². The lowest BCUT2D eigenvalue weighted by molar-refractivity contribution is 0.615. The van der Waals surface area contributed by atoms with E-state index in [0.717, 1.165) is 29.7 Å². The van der Waals surface area contributed by atoms with Crippen molar-refractivity contribution >= 4 is 11.0 Å². The minimum Gasteiger partial charge on any atom is -0.328 e. The van der Waals surface area contributed by atoms with Crippen molar-refractivity contribution in [1.82, 2.24) is 9.55 Å². The summed E-state index contributed by atoms with van der Waals surface area (Å²) in [4.78, 5) is 4.57. The fraction of sp³-hybridized carbons (Fsp3) is 0.500. The molecule has 1 aliphatic rings. The van der Waals surface area contributed by atoms with Gasteiger partial charge in [-0.3, -0.25) is 0 Å². The molecule has 3 nitrogen and oxygen atoms in total. The SMILES string of the molecule is CC(N)CCc1nc2cc(F)ccc2n1C1CC1. The van der Waals surface area contributed by atoms with Gasteiger partial charge >= 0.3 is 0 Å². The van der Waals surface area contributed by atoms with Crippen LogP contribution in [0.4, 0.5) is 4.39 Å². The molecule has 1 aliphatic carbocycles. The Morgan fingerprint density at radius 1 is 1.50 bits per heavy atom. The van der Waals surface area contributed by atoms with E-state index >= 15 is 0 Å². The molecule has 18 heavy (non-hydrogen) atoms. The first-order valence-corrected chi connectivity index (χ1v) is 6.57. The van der Waals surface area contributed by atoms with Crippen molar-refractivity contribution in [2.75, 3.05) is 0 Å². The van der Waals surface area contributed by atoms with Crippen molar-refractivity contribution in [3.8, 4) is 0 Å². The molecular weight excluding hydrogens is 229 g/mol. The molecule has 0 bridgehead atoms. The van der Waals surface area contributed by atoms with Crippen molar-refractivity contribution in [3.63, 3.8) is 0 Å². The minimum atomic E-state index is -0.221. The smallest absolute Gasteiger partial charge is 0.125 e. The van der Waals surface area contributed by atoms with E-state index in [4.69, 9.17) is 5.73 Å². The highest BCUT2D eigenvalue weighted by Crippen LogP contribution is 2.39. The molecule has 1 fully saturated rings. The molecule has 0 amide bonds. The number of halogens is 1. The third kappa shape index (κ3) is 2.12. The monoisotopic (exact) mass is 247 g/mol. The van der Waals surface area contributed by atoms with Gasteiger partial charge in [0, 0.05) is 24.6 Å². The molecule has 1 aromatic heterocycles. The van der Waals surface area contributed by atoms with Gasteiger partial charge in [-0.15, -0.1) is 0 Å². The average Bonchev–Trinajstić information content (AvgIpc) is 3.08. The van der Waals surface area contributed by atoms with Crippen LogP contribution in [0.1, 0.15) is 38.1 Å². The predicted octanol–water partition coefficient (Wildman–Crippen LogP) is 2.79. The van der Waals surface area contributed by atoms with E-state index in [9.17, 15) is 4.39 Å². The highest BCUT2D eigenvalue weighted by Gasteiger charge is 2.28. The molecule has 96 valence electrons. The number of aromatic nitrogens is 2. The van der Waals surface area contributed by atoms with Gasteiger partial charge in [0.05, 0.1) is 11.0 Å². The van der Waals surface area contributed by atoms with Crippen LogP contribution in [0.3, 0.4) is 0 Å². The number of nitrogens with zero attached hydrogens (tertiary/aromatic N) is 2. The van der Waals surface area contributed by atoms with Gasteiger partial charge in [0.1, 0.15) is 11.6 Å². The van der Waals surface area contributed by atoms with Crippen LogP contribution < -0.4 is 5.73 Å². The molecule has 1 saturated carbocycles. The number of aryl methyl sites for hydroxylation is 1. The summed E-state index contributed by atoms with van der Waals surface area (Å²) in [5.41, 5.74) is 7.62.